The zero-order valence-electron chi connectivity index (χ0n) is 15.2. The molecule has 0 amide bonds. The molecule has 0 unspecified atom stereocenters. The number of aliphatic imine (C=N–C) groups is 1. The van der Waals surface area contributed by atoms with E-state index in [1.165, 1.54) is 12.2 Å². The zero-order valence-corrected chi connectivity index (χ0v) is 15.2. The molecule has 1 aliphatic carbocycles. The largest absolute Gasteiger partial charge is 0.416 e. The van der Waals surface area contributed by atoms with E-state index in [2.05, 4.69) is 27.0 Å². The van der Waals surface area contributed by atoms with Gasteiger partial charge in [-0.1, -0.05) is 18.2 Å². The highest BCUT2D eigenvalue weighted by atomic mass is 19.4. The molecule has 8 heteroatoms. The quantitative estimate of drug-likeness (QED) is 0.564. The van der Waals surface area contributed by atoms with Gasteiger partial charge in [-0.15, -0.1) is 0 Å². The van der Waals surface area contributed by atoms with Crippen LogP contribution in [-0.4, -0.2) is 36.6 Å². The van der Waals surface area contributed by atoms with E-state index in [1.807, 2.05) is 6.08 Å². The van der Waals surface area contributed by atoms with Gasteiger partial charge in [0.15, 0.2) is 5.82 Å². The Labute approximate surface area is 156 Å². The Bertz CT molecular complexity index is 808. The van der Waals surface area contributed by atoms with Crippen molar-refractivity contribution < 1.29 is 17.9 Å². The van der Waals surface area contributed by atoms with Gasteiger partial charge in [-0.05, 0) is 32.2 Å². The Morgan fingerprint density at radius 2 is 2.19 bits per heavy atom. The number of allylic oxidation sites excluding steroid dienone is 5. The molecule has 1 aromatic rings. The maximum Gasteiger partial charge on any atom is 0.416 e. The summed E-state index contributed by atoms with van der Waals surface area (Å²) in [6.45, 7) is 5.79. The Hall–Kier alpha value is -2.74. The van der Waals surface area contributed by atoms with Gasteiger partial charge < -0.3 is 10.1 Å². The van der Waals surface area contributed by atoms with Gasteiger partial charge >= 0.3 is 6.18 Å². The molecule has 2 rings (SSSR count). The van der Waals surface area contributed by atoms with Crippen LogP contribution in [-0.2, 0) is 4.74 Å². The summed E-state index contributed by atoms with van der Waals surface area (Å²) in [5.41, 5.74) is 1.64. The number of alkyl halides is 3. The lowest BCUT2D eigenvalue weighted by Crippen LogP contribution is -2.13. The molecule has 0 aliphatic heterocycles. The lowest BCUT2D eigenvalue weighted by Gasteiger charge is -2.14. The van der Waals surface area contributed by atoms with Crippen LogP contribution in [0.5, 0.6) is 0 Å². The highest BCUT2D eigenvalue weighted by Gasteiger charge is 2.31. The Balaban J connectivity index is 2.35. The molecule has 0 saturated carbocycles. The van der Waals surface area contributed by atoms with Crippen LogP contribution in [0.4, 0.5) is 19.0 Å². The maximum atomic E-state index is 12.9. The van der Waals surface area contributed by atoms with E-state index in [0.717, 1.165) is 12.2 Å². The maximum absolute atomic E-state index is 12.9. The van der Waals surface area contributed by atoms with Crippen molar-refractivity contribution >= 4 is 18.2 Å². The topological polar surface area (TPSA) is 59.4 Å². The van der Waals surface area contributed by atoms with E-state index in [1.54, 1.807) is 20.2 Å². The second-order valence-corrected chi connectivity index (χ2v) is 5.78. The fourth-order valence-corrected chi connectivity index (χ4v) is 2.37. The van der Waals surface area contributed by atoms with Crippen molar-refractivity contribution in [1.29, 1.82) is 0 Å². The number of hydrogen-bond acceptors (Lipinski definition) is 5. The molecule has 1 aromatic heterocycles. The lowest BCUT2D eigenvalue weighted by molar-refractivity contribution is -0.0881. The minimum atomic E-state index is -4.39. The number of methoxy groups -OCH3 is 1. The first kappa shape index (κ1) is 20.6. The van der Waals surface area contributed by atoms with Crippen LogP contribution in [0.2, 0.25) is 0 Å². The van der Waals surface area contributed by atoms with Gasteiger partial charge in [0.05, 0.1) is 17.0 Å². The molecule has 1 N–H and O–H groups in total. The fraction of sp³-hybridized carbons (Fsp3) is 0.316. The predicted molar refractivity (Wildman–Crippen MR) is 99.6 cm³/mol. The number of aryl methyl sites for hydroxylation is 1. The number of nitrogens with zero attached hydrogens (tertiary/aromatic N) is 3. The predicted octanol–water partition coefficient (Wildman–Crippen LogP) is 4.42. The van der Waals surface area contributed by atoms with Crippen molar-refractivity contribution in [3.63, 3.8) is 0 Å². The molecule has 5 nitrogen and oxygen atoms in total. The van der Waals surface area contributed by atoms with Gasteiger partial charge in [0, 0.05) is 32.0 Å². The third-order valence-electron chi connectivity index (χ3n) is 3.67. The summed E-state index contributed by atoms with van der Waals surface area (Å²) in [4.78, 5) is 12.6. The summed E-state index contributed by atoms with van der Waals surface area (Å²) in [5, 5.41) is 3.15. The molecule has 27 heavy (non-hydrogen) atoms. The second kappa shape index (κ2) is 9.27. The van der Waals surface area contributed by atoms with Crippen LogP contribution < -0.4 is 5.32 Å². The Kier molecular flexibility index (Phi) is 7.06. The summed E-state index contributed by atoms with van der Waals surface area (Å²) in [5.74, 6) is 0.349. The van der Waals surface area contributed by atoms with Crippen molar-refractivity contribution in [2.24, 2.45) is 4.99 Å². The minimum Gasteiger partial charge on any atom is -0.384 e. The molecule has 0 aromatic carbocycles. The van der Waals surface area contributed by atoms with Gasteiger partial charge in [0.2, 0.25) is 0 Å². The first-order valence-electron chi connectivity index (χ1n) is 8.26. The van der Waals surface area contributed by atoms with Crippen molar-refractivity contribution in [1.82, 2.24) is 15.3 Å². The SMILES string of the molecule is C=Nc1nc(C)cnc1/C(=C\CCOC)NC1=CC=C(C(F)(F)F)C=CC1. The summed E-state index contributed by atoms with van der Waals surface area (Å²) < 4.78 is 43.7. The minimum absolute atomic E-state index is 0.313. The second-order valence-electron chi connectivity index (χ2n) is 5.78. The van der Waals surface area contributed by atoms with Crippen LogP contribution in [0.25, 0.3) is 5.70 Å². The highest BCUT2D eigenvalue weighted by molar-refractivity contribution is 5.70. The van der Waals surface area contributed by atoms with Crippen molar-refractivity contribution in [2.75, 3.05) is 13.7 Å². The first-order chi connectivity index (χ1) is 12.8. The number of rotatable bonds is 7. The molecule has 1 aliphatic rings. The number of ether oxygens (including phenoxy) is 1. The van der Waals surface area contributed by atoms with Crippen LogP contribution in [0.1, 0.15) is 24.2 Å². The van der Waals surface area contributed by atoms with E-state index in [-0.39, 0.29) is 0 Å². The summed E-state index contributed by atoms with van der Waals surface area (Å²) in [7, 11) is 1.59. The van der Waals surface area contributed by atoms with Crippen LogP contribution in [0.3, 0.4) is 0 Å². The average Bonchev–Trinajstić information content (AvgIpc) is 2.86. The molecule has 0 fully saturated rings. The van der Waals surface area contributed by atoms with Gasteiger partial charge in [-0.2, -0.15) is 13.2 Å². The van der Waals surface area contributed by atoms with E-state index in [9.17, 15) is 13.2 Å². The van der Waals surface area contributed by atoms with E-state index in [0.29, 0.717) is 48.0 Å². The molecule has 1 heterocycles. The summed E-state index contributed by atoms with van der Waals surface area (Å²) in [6.07, 6.45) is 4.95. The van der Waals surface area contributed by atoms with Gasteiger partial charge in [0.1, 0.15) is 5.69 Å². The average molecular weight is 378 g/mol. The van der Waals surface area contributed by atoms with Crippen molar-refractivity contribution in [3.05, 3.63) is 59.2 Å². The molecule has 144 valence electrons. The van der Waals surface area contributed by atoms with Gasteiger partial charge in [-0.3, -0.25) is 0 Å². The van der Waals surface area contributed by atoms with Gasteiger partial charge in [-0.25, -0.2) is 15.0 Å². The number of halogens is 3. The van der Waals surface area contributed by atoms with E-state index in [4.69, 9.17) is 4.74 Å². The monoisotopic (exact) mass is 378 g/mol. The Morgan fingerprint density at radius 1 is 1.41 bits per heavy atom. The van der Waals surface area contributed by atoms with Crippen molar-refractivity contribution in [2.45, 2.75) is 25.9 Å². The van der Waals surface area contributed by atoms with E-state index >= 15 is 0 Å². The molecular weight excluding hydrogens is 357 g/mol. The molecule has 0 spiro atoms. The van der Waals surface area contributed by atoms with Crippen molar-refractivity contribution in [3.8, 4) is 0 Å². The van der Waals surface area contributed by atoms with Crippen LogP contribution in [0.15, 0.2) is 52.8 Å². The molecule has 0 radical (unpaired) electrons. The molecule has 0 saturated heterocycles. The molecular formula is C19H21F3N4O. The number of hydrogen-bond donors (Lipinski definition) is 1. The lowest BCUT2D eigenvalue weighted by atomic mass is 10.2. The van der Waals surface area contributed by atoms with E-state index < -0.39 is 11.7 Å². The van der Waals surface area contributed by atoms with Crippen LogP contribution in [0, 0.1) is 6.92 Å². The Morgan fingerprint density at radius 3 is 2.85 bits per heavy atom. The summed E-state index contributed by atoms with van der Waals surface area (Å²) in [6, 6.07) is 0. The normalized spacial score (nSPS) is 15.1. The smallest absolute Gasteiger partial charge is 0.384 e. The standard InChI is InChI=1S/C19H21F3N4O/c1-13-12-24-17(18(23-2)25-13)16(8-5-11-27-3)26-15-7-4-6-14(9-10-15)19(20,21)22/h4,6,8-10,12,26H,2,5,7,11H2,1,3H3/b16-8+. The highest BCUT2D eigenvalue weighted by Crippen LogP contribution is 2.29. The van der Waals surface area contributed by atoms with Gasteiger partial charge in [0.25, 0.3) is 0 Å². The fourth-order valence-electron chi connectivity index (χ4n) is 2.37. The third-order valence-corrected chi connectivity index (χ3v) is 3.67. The number of aromatic nitrogens is 2. The molecule has 0 bridgehead atoms. The summed E-state index contributed by atoms with van der Waals surface area (Å²) >= 11 is 0. The number of nitrogens with one attached hydrogen (secondary N) is 1. The third kappa shape index (κ3) is 5.89. The molecule has 0 atom stereocenters. The van der Waals surface area contributed by atoms with Crippen LogP contribution >= 0.6 is 0 Å². The first-order valence-corrected chi connectivity index (χ1v) is 8.26. The zero-order chi connectivity index (χ0) is 19.9.